The maximum atomic E-state index is 10.9. The minimum absolute atomic E-state index is 0.0814. The second-order valence-electron chi connectivity index (χ2n) is 3.37. The van der Waals surface area contributed by atoms with Gasteiger partial charge in [0.1, 0.15) is 5.78 Å². The van der Waals surface area contributed by atoms with Gasteiger partial charge in [-0.15, -0.1) is 0 Å². The highest BCUT2D eigenvalue weighted by atomic mass is 16.7. The third-order valence-electron chi connectivity index (χ3n) is 2.01. The standard InChI is InChI=1S/C11H12N2O2/c1-9(14)7-11-8-13(12-15-11)10-5-3-2-4-6-10/h2-6,8,12H,7H2,1H3. The number of ketones is 1. The van der Waals surface area contributed by atoms with Crippen LogP contribution in [0.25, 0.3) is 0 Å². The summed E-state index contributed by atoms with van der Waals surface area (Å²) in [6.45, 7) is 1.54. The molecule has 15 heavy (non-hydrogen) atoms. The van der Waals surface area contributed by atoms with E-state index in [0.29, 0.717) is 12.2 Å². The van der Waals surface area contributed by atoms with Gasteiger partial charge in [-0.25, -0.2) is 5.01 Å². The van der Waals surface area contributed by atoms with Crippen molar-refractivity contribution in [3.63, 3.8) is 0 Å². The number of benzene rings is 1. The molecule has 0 radical (unpaired) electrons. The van der Waals surface area contributed by atoms with E-state index in [9.17, 15) is 4.79 Å². The number of anilines is 1. The van der Waals surface area contributed by atoms with Gasteiger partial charge in [0, 0.05) is 0 Å². The number of carbonyl (C=O) groups excluding carboxylic acids is 1. The first kappa shape index (κ1) is 9.73. The molecule has 1 aromatic carbocycles. The van der Waals surface area contributed by atoms with Crippen LogP contribution in [0.1, 0.15) is 13.3 Å². The summed E-state index contributed by atoms with van der Waals surface area (Å²) in [6, 6.07) is 9.72. The lowest BCUT2D eigenvalue weighted by molar-refractivity contribution is -0.117. The largest absolute Gasteiger partial charge is 0.391 e. The maximum Gasteiger partial charge on any atom is 0.151 e. The molecule has 78 valence electrons. The van der Waals surface area contributed by atoms with E-state index in [2.05, 4.69) is 5.59 Å². The first-order chi connectivity index (χ1) is 7.25. The van der Waals surface area contributed by atoms with Crippen LogP contribution >= 0.6 is 0 Å². The highest BCUT2D eigenvalue weighted by Crippen LogP contribution is 2.18. The molecule has 1 aliphatic heterocycles. The first-order valence-electron chi connectivity index (χ1n) is 4.72. The SMILES string of the molecule is CC(=O)CC1=CN(c2ccccc2)NO1. The molecular weight excluding hydrogens is 192 g/mol. The van der Waals surface area contributed by atoms with Crippen LogP contribution in [-0.4, -0.2) is 5.78 Å². The highest BCUT2D eigenvalue weighted by Gasteiger charge is 2.15. The van der Waals surface area contributed by atoms with Gasteiger partial charge in [0.25, 0.3) is 0 Å². The molecule has 0 amide bonds. The normalized spacial score (nSPS) is 14.7. The summed E-state index contributed by atoms with van der Waals surface area (Å²) in [7, 11) is 0. The summed E-state index contributed by atoms with van der Waals surface area (Å²) >= 11 is 0. The lowest BCUT2D eigenvalue weighted by atomic mass is 10.3. The Morgan fingerprint density at radius 3 is 2.80 bits per heavy atom. The molecule has 1 heterocycles. The fourth-order valence-electron chi connectivity index (χ4n) is 1.35. The molecule has 0 fully saturated rings. The van der Waals surface area contributed by atoms with Crippen molar-refractivity contribution in [3.05, 3.63) is 42.3 Å². The molecule has 0 saturated heterocycles. The number of rotatable bonds is 3. The number of hydrogen-bond acceptors (Lipinski definition) is 4. The smallest absolute Gasteiger partial charge is 0.151 e. The lowest BCUT2D eigenvalue weighted by Gasteiger charge is -2.12. The Labute approximate surface area is 88.1 Å². The van der Waals surface area contributed by atoms with Gasteiger partial charge < -0.3 is 4.84 Å². The first-order valence-corrected chi connectivity index (χ1v) is 4.72. The summed E-state index contributed by atoms with van der Waals surface area (Å²) in [5, 5.41) is 1.73. The van der Waals surface area contributed by atoms with Crippen molar-refractivity contribution in [2.45, 2.75) is 13.3 Å². The van der Waals surface area contributed by atoms with Crippen LogP contribution in [0.4, 0.5) is 5.69 Å². The van der Waals surface area contributed by atoms with Crippen LogP contribution in [0.3, 0.4) is 0 Å². The van der Waals surface area contributed by atoms with Crippen LogP contribution in [0, 0.1) is 0 Å². The van der Waals surface area contributed by atoms with Crippen molar-refractivity contribution in [1.82, 2.24) is 5.59 Å². The molecule has 1 aliphatic rings. The monoisotopic (exact) mass is 204 g/mol. The van der Waals surface area contributed by atoms with Crippen LogP contribution in [0.2, 0.25) is 0 Å². The number of hydrazine groups is 1. The molecule has 4 heteroatoms. The van der Waals surface area contributed by atoms with Crippen molar-refractivity contribution >= 4 is 11.5 Å². The minimum atomic E-state index is 0.0814. The van der Waals surface area contributed by atoms with E-state index in [1.54, 1.807) is 11.2 Å². The van der Waals surface area contributed by atoms with Crippen LogP contribution < -0.4 is 10.6 Å². The quantitative estimate of drug-likeness (QED) is 0.814. The highest BCUT2D eigenvalue weighted by molar-refractivity contribution is 5.77. The predicted octanol–water partition coefficient (Wildman–Crippen LogP) is 1.76. The average molecular weight is 204 g/mol. The van der Waals surface area contributed by atoms with Gasteiger partial charge in [0.05, 0.1) is 18.3 Å². The molecule has 0 spiro atoms. The molecule has 0 bridgehead atoms. The number of nitrogens with zero attached hydrogens (tertiary/aromatic N) is 1. The third kappa shape index (κ3) is 2.35. The lowest BCUT2D eigenvalue weighted by Crippen LogP contribution is -2.26. The van der Waals surface area contributed by atoms with E-state index in [0.717, 1.165) is 5.69 Å². The Hall–Kier alpha value is -1.81. The number of carbonyl (C=O) groups is 1. The van der Waals surface area contributed by atoms with E-state index in [1.165, 1.54) is 6.92 Å². The molecule has 0 atom stereocenters. The molecule has 1 N–H and O–H groups in total. The van der Waals surface area contributed by atoms with Gasteiger partial charge in [-0.2, -0.15) is 0 Å². The third-order valence-corrected chi connectivity index (χ3v) is 2.01. The Morgan fingerprint density at radius 1 is 1.40 bits per heavy atom. The van der Waals surface area contributed by atoms with Crippen molar-refractivity contribution in [2.75, 3.05) is 5.01 Å². The molecule has 2 rings (SSSR count). The molecule has 1 aromatic rings. The number of nitrogens with one attached hydrogen (secondary N) is 1. The van der Waals surface area contributed by atoms with E-state index >= 15 is 0 Å². The zero-order chi connectivity index (χ0) is 10.7. The zero-order valence-electron chi connectivity index (χ0n) is 8.43. The van der Waals surface area contributed by atoms with Crippen molar-refractivity contribution in [2.24, 2.45) is 0 Å². The topological polar surface area (TPSA) is 41.6 Å². The van der Waals surface area contributed by atoms with Gasteiger partial charge in [0.2, 0.25) is 0 Å². The fourth-order valence-corrected chi connectivity index (χ4v) is 1.35. The number of para-hydroxylation sites is 1. The zero-order valence-corrected chi connectivity index (χ0v) is 8.43. The average Bonchev–Trinajstić information content (AvgIpc) is 2.67. The van der Waals surface area contributed by atoms with Crippen LogP contribution in [0.15, 0.2) is 42.3 Å². The summed E-state index contributed by atoms with van der Waals surface area (Å²) in [5.74, 6) is 0.712. The predicted molar refractivity (Wildman–Crippen MR) is 56.5 cm³/mol. The van der Waals surface area contributed by atoms with Gasteiger partial charge >= 0.3 is 0 Å². The summed E-state index contributed by atoms with van der Waals surface area (Å²) in [6.07, 6.45) is 2.09. The summed E-state index contributed by atoms with van der Waals surface area (Å²) in [5.41, 5.74) is 3.69. The van der Waals surface area contributed by atoms with Crippen LogP contribution in [-0.2, 0) is 9.63 Å². The fraction of sp³-hybridized carbons (Fsp3) is 0.182. The van der Waals surface area contributed by atoms with Gasteiger partial charge in [0.15, 0.2) is 5.76 Å². The van der Waals surface area contributed by atoms with Gasteiger partial charge in [-0.3, -0.25) is 4.79 Å². The van der Waals surface area contributed by atoms with Crippen molar-refractivity contribution in [3.8, 4) is 0 Å². The number of Topliss-reactive ketones (excluding diaryl/α,β-unsaturated/α-hetero) is 1. The second-order valence-corrected chi connectivity index (χ2v) is 3.37. The minimum Gasteiger partial charge on any atom is -0.391 e. The molecule has 0 saturated carbocycles. The van der Waals surface area contributed by atoms with Crippen molar-refractivity contribution < 1.29 is 9.63 Å². The summed E-state index contributed by atoms with van der Waals surface area (Å²) < 4.78 is 0. The van der Waals surface area contributed by atoms with Crippen LogP contribution in [0.5, 0.6) is 0 Å². The van der Waals surface area contributed by atoms with E-state index in [-0.39, 0.29) is 5.78 Å². The van der Waals surface area contributed by atoms with E-state index in [1.807, 2.05) is 30.3 Å². The Bertz CT molecular complexity index is 387. The molecule has 0 unspecified atom stereocenters. The molecule has 0 aromatic heterocycles. The van der Waals surface area contributed by atoms with E-state index in [4.69, 9.17) is 4.84 Å². The Kier molecular flexibility index (Phi) is 2.69. The van der Waals surface area contributed by atoms with Crippen molar-refractivity contribution in [1.29, 1.82) is 0 Å². The molecular formula is C11H12N2O2. The maximum absolute atomic E-state index is 10.9. The van der Waals surface area contributed by atoms with Gasteiger partial charge in [-0.05, 0) is 19.1 Å². The Morgan fingerprint density at radius 2 is 2.13 bits per heavy atom. The number of allylic oxidation sites excluding steroid dienone is 1. The number of hydrogen-bond donors (Lipinski definition) is 1. The molecule has 0 aliphatic carbocycles. The van der Waals surface area contributed by atoms with E-state index < -0.39 is 0 Å². The van der Waals surface area contributed by atoms with Gasteiger partial charge in [-0.1, -0.05) is 23.8 Å². The Balaban J connectivity index is 2.09. The second kappa shape index (κ2) is 4.14. The molecule has 4 nitrogen and oxygen atoms in total. The summed E-state index contributed by atoms with van der Waals surface area (Å²) in [4.78, 5) is 16.0.